The van der Waals surface area contributed by atoms with Crippen molar-refractivity contribution in [2.24, 2.45) is 5.92 Å². The first-order valence-electron chi connectivity index (χ1n) is 5.57. The van der Waals surface area contributed by atoms with Gasteiger partial charge in [-0.2, -0.15) is 0 Å². The molecular weight excluding hydrogens is 259 g/mol. The number of hydrogen-bond donors (Lipinski definition) is 1. The van der Waals surface area contributed by atoms with Crippen LogP contribution in [0.3, 0.4) is 0 Å². The molecule has 1 heterocycles. The molecule has 17 heavy (non-hydrogen) atoms. The molecule has 1 aliphatic rings. The highest BCUT2D eigenvalue weighted by molar-refractivity contribution is 6.42. The van der Waals surface area contributed by atoms with Crippen LogP contribution in [-0.4, -0.2) is 19.0 Å². The Morgan fingerprint density at radius 2 is 2.06 bits per heavy atom. The number of halogens is 2. The van der Waals surface area contributed by atoms with Gasteiger partial charge in [-0.3, -0.25) is 4.79 Å². The van der Waals surface area contributed by atoms with E-state index in [0.29, 0.717) is 16.6 Å². The maximum atomic E-state index is 11.8. The highest BCUT2D eigenvalue weighted by atomic mass is 35.5. The molecule has 0 saturated carbocycles. The number of benzene rings is 1. The largest absolute Gasteiger partial charge is 0.369 e. The minimum Gasteiger partial charge on any atom is -0.369 e. The fraction of sp³-hybridized carbons (Fsp3) is 0.417. The van der Waals surface area contributed by atoms with Gasteiger partial charge >= 0.3 is 0 Å². The quantitative estimate of drug-likeness (QED) is 0.850. The molecule has 5 heteroatoms. The van der Waals surface area contributed by atoms with Crippen LogP contribution >= 0.6 is 23.2 Å². The van der Waals surface area contributed by atoms with Gasteiger partial charge in [-0.25, -0.2) is 0 Å². The number of fused-ring (bicyclic) bond motifs is 1. The molecule has 0 bridgehead atoms. The number of carbonyl (C=O) groups is 1. The van der Waals surface area contributed by atoms with Crippen molar-refractivity contribution in [1.82, 2.24) is 0 Å². The first-order chi connectivity index (χ1) is 8.02. The molecule has 1 amide bonds. The summed E-state index contributed by atoms with van der Waals surface area (Å²) in [5, 5.41) is 3.84. The normalized spacial score (nSPS) is 19.6. The van der Waals surface area contributed by atoms with Crippen molar-refractivity contribution in [1.29, 1.82) is 0 Å². The van der Waals surface area contributed by atoms with Gasteiger partial charge in [0, 0.05) is 13.1 Å². The number of nitrogens with one attached hydrogen (secondary N) is 1. The molecule has 0 spiro atoms. The van der Waals surface area contributed by atoms with Crippen molar-refractivity contribution < 1.29 is 4.79 Å². The molecule has 0 aliphatic carbocycles. The summed E-state index contributed by atoms with van der Waals surface area (Å²) in [6, 6.07) is 3.51. The third-order valence-electron chi connectivity index (χ3n) is 2.96. The van der Waals surface area contributed by atoms with Crippen LogP contribution in [0.4, 0.5) is 11.4 Å². The molecule has 1 aromatic rings. The second-order valence-electron chi connectivity index (χ2n) is 4.21. The van der Waals surface area contributed by atoms with Crippen LogP contribution in [0.2, 0.25) is 10.0 Å². The smallest absolute Gasteiger partial charge is 0.229 e. The number of carbonyl (C=O) groups excluding carboxylic acids is 1. The standard InChI is InChI=1S/C12H14Cl2N2O/c1-3-16-6-7(2)12(17)15-10-4-8(13)9(14)5-11(10)16/h4-5,7H,3,6H2,1-2H3,(H,15,17). The van der Waals surface area contributed by atoms with Crippen LogP contribution < -0.4 is 10.2 Å². The molecule has 0 radical (unpaired) electrons. The van der Waals surface area contributed by atoms with Gasteiger partial charge in [-0.1, -0.05) is 30.1 Å². The number of amides is 1. The molecule has 0 saturated heterocycles. The Hall–Kier alpha value is -0.930. The number of nitrogens with zero attached hydrogens (tertiary/aromatic N) is 1. The van der Waals surface area contributed by atoms with Crippen LogP contribution in [0, 0.1) is 5.92 Å². The molecule has 1 N–H and O–H groups in total. The predicted octanol–water partition coefficient (Wildman–Crippen LogP) is 3.41. The third kappa shape index (κ3) is 2.35. The first kappa shape index (κ1) is 12.5. The zero-order valence-electron chi connectivity index (χ0n) is 9.76. The second kappa shape index (κ2) is 4.75. The lowest BCUT2D eigenvalue weighted by Gasteiger charge is -2.24. The molecule has 3 nitrogen and oxygen atoms in total. The lowest BCUT2D eigenvalue weighted by atomic mass is 10.1. The molecule has 2 rings (SSSR count). The molecule has 1 atom stereocenters. The minimum absolute atomic E-state index is 0.0144. The Balaban J connectivity index is 2.52. The molecule has 1 aliphatic heterocycles. The molecule has 1 aromatic carbocycles. The number of rotatable bonds is 1. The second-order valence-corrected chi connectivity index (χ2v) is 5.03. The lowest BCUT2D eigenvalue weighted by Crippen LogP contribution is -2.30. The number of anilines is 2. The van der Waals surface area contributed by atoms with E-state index < -0.39 is 0 Å². The molecule has 1 unspecified atom stereocenters. The zero-order valence-corrected chi connectivity index (χ0v) is 11.3. The van der Waals surface area contributed by atoms with Crippen molar-refractivity contribution in [2.75, 3.05) is 23.3 Å². The lowest BCUT2D eigenvalue weighted by molar-refractivity contribution is -0.119. The highest BCUT2D eigenvalue weighted by Crippen LogP contribution is 2.36. The molecule has 0 fully saturated rings. The summed E-state index contributed by atoms with van der Waals surface area (Å²) in [7, 11) is 0. The Morgan fingerprint density at radius 3 is 2.71 bits per heavy atom. The van der Waals surface area contributed by atoms with Crippen LogP contribution in [-0.2, 0) is 4.79 Å². The average molecular weight is 273 g/mol. The van der Waals surface area contributed by atoms with Crippen molar-refractivity contribution in [2.45, 2.75) is 13.8 Å². The summed E-state index contributed by atoms with van der Waals surface area (Å²) in [4.78, 5) is 13.9. The van der Waals surface area contributed by atoms with Gasteiger partial charge in [0.05, 0.1) is 27.3 Å². The topological polar surface area (TPSA) is 32.3 Å². The van der Waals surface area contributed by atoms with Gasteiger partial charge in [-0.05, 0) is 19.1 Å². The van der Waals surface area contributed by atoms with Crippen LogP contribution in [0.15, 0.2) is 12.1 Å². The minimum atomic E-state index is -0.0556. The SMILES string of the molecule is CCN1CC(C)C(=O)Nc2cc(Cl)c(Cl)cc21. The summed E-state index contributed by atoms with van der Waals surface area (Å²) in [5.41, 5.74) is 1.66. The Labute approximate surface area is 111 Å². The van der Waals surface area contributed by atoms with Crippen LogP contribution in [0.25, 0.3) is 0 Å². The summed E-state index contributed by atoms with van der Waals surface area (Å²) >= 11 is 12.0. The van der Waals surface area contributed by atoms with E-state index in [4.69, 9.17) is 23.2 Å². The fourth-order valence-electron chi connectivity index (χ4n) is 1.97. The van der Waals surface area contributed by atoms with Gasteiger partial charge in [0.1, 0.15) is 0 Å². The van der Waals surface area contributed by atoms with Gasteiger partial charge in [-0.15, -0.1) is 0 Å². The van der Waals surface area contributed by atoms with Crippen LogP contribution in [0.1, 0.15) is 13.8 Å². The van der Waals surface area contributed by atoms with Crippen molar-refractivity contribution in [3.8, 4) is 0 Å². The van der Waals surface area contributed by atoms with E-state index in [1.807, 2.05) is 6.92 Å². The van der Waals surface area contributed by atoms with Crippen molar-refractivity contribution >= 4 is 40.5 Å². The Morgan fingerprint density at radius 1 is 1.41 bits per heavy atom. The Bertz CT molecular complexity index is 462. The van der Waals surface area contributed by atoms with Gasteiger partial charge in [0.15, 0.2) is 0 Å². The van der Waals surface area contributed by atoms with E-state index in [0.717, 1.165) is 17.9 Å². The number of hydrogen-bond acceptors (Lipinski definition) is 2. The van der Waals surface area contributed by atoms with E-state index in [9.17, 15) is 4.79 Å². The van der Waals surface area contributed by atoms with Gasteiger partial charge in [0.25, 0.3) is 0 Å². The van der Waals surface area contributed by atoms with E-state index in [2.05, 4.69) is 17.1 Å². The summed E-state index contributed by atoms with van der Waals surface area (Å²) < 4.78 is 0. The van der Waals surface area contributed by atoms with E-state index in [1.165, 1.54) is 0 Å². The highest BCUT2D eigenvalue weighted by Gasteiger charge is 2.24. The zero-order chi connectivity index (χ0) is 12.6. The maximum Gasteiger partial charge on any atom is 0.229 e. The fourth-order valence-corrected chi connectivity index (χ4v) is 2.29. The monoisotopic (exact) mass is 272 g/mol. The predicted molar refractivity (Wildman–Crippen MR) is 72.1 cm³/mol. The summed E-state index contributed by atoms with van der Waals surface area (Å²) in [6.07, 6.45) is 0. The van der Waals surface area contributed by atoms with Gasteiger partial charge < -0.3 is 10.2 Å². The Kier molecular flexibility index (Phi) is 3.50. The van der Waals surface area contributed by atoms with E-state index in [-0.39, 0.29) is 11.8 Å². The molecule has 0 aromatic heterocycles. The maximum absolute atomic E-state index is 11.8. The average Bonchev–Trinajstić information content (AvgIpc) is 2.40. The van der Waals surface area contributed by atoms with Crippen molar-refractivity contribution in [3.05, 3.63) is 22.2 Å². The molecular formula is C12H14Cl2N2O. The third-order valence-corrected chi connectivity index (χ3v) is 3.68. The van der Waals surface area contributed by atoms with E-state index in [1.54, 1.807) is 12.1 Å². The summed E-state index contributed by atoms with van der Waals surface area (Å²) in [6.45, 7) is 5.47. The van der Waals surface area contributed by atoms with Crippen LogP contribution in [0.5, 0.6) is 0 Å². The summed E-state index contributed by atoms with van der Waals surface area (Å²) in [5.74, 6) is -0.0412. The van der Waals surface area contributed by atoms with E-state index >= 15 is 0 Å². The van der Waals surface area contributed by atoms with Gasteiger partial charge in [0.2, 0.25) is 5.91 Å². The van der Waals surface area contributed by atoms with Crippen molar-refractivity contribution in [3.63, 3.8) is 0 Å². The molecule has 92 valence electrons. The first-order valence-corrected chi connectivity index (χ1v) is 6.33.